The number of nitrogens with zero attached hydrogens (tertiary/aromatic N) is 2. The van der Waals surface area contributed by atoms with E-state index in [1.807, 2.05) is 24.3 Å². The Balaban J connectivity index is 2.04. The number of nitrogens with one attached hydrogen (secondary N) is 2. The van der Waals surface area contributed by atoms with Gasteiger partial charge in [0.05, 0.1) is 12.2 Å². The van der Waals surface area contributed by atoms with Gasteiger partial charge in [-0.1, -0.05) is 6.07 Å². The van der Waals surface area contributed by atoms with E-state index >= 15 is 0 Å². The van der Waals surface area contributed by atoms with Crippen LogP contribution in [0.3, 0.4) is 0 Å². The molecule has 2 heterocycles. The van der Waals surface area contributed by atoms with E-state index in [1.165, 1.54) is 6.92 Å². The van der Waals surface area contributed by atoms with Gasteiger partial charge in [-0.2, -0.15) is 0 Å². The van der Waals surface area contributed by atoms with Crippen LogP contribution in [0.15, 0.2) is 42.9 Å². The first-order valence-electron chi connectivity index (χ1n) is 6.52. The third-order valence-corrected chi connectivity index (χ3v) is 2.80. The van der Waals surface area contributed by atoms with Crippen LogP contribution in [0, 0.1) is 0 Å². The number of hydrogen-bond acceptors (Lipinski definition) is 4. The van der Waals surface area contributed by atoms with Crippen LogP contribution in [0.5, 0.6) is 0 Å². The molecular formula is C15H16N4O2. The molecule has 0 aliphatic carbocycles. The number of pyridine rings is 2. The van der Waals surface area contributed by atoms with E-state index in [0.29, 0.717) is 6.54 Å². The highest BCUT2D eigenvalue weighted by Gasteiger charge is 2.08. The minimum absolute atomic E-state index is 0.0299. The van der Waals surface area contributed by atoms with Gasteiger partial charge < -0.3 is 10.6 Å². The van der Waals surface area contributed by atoms with Crippen molar-refractivity contribution in [3.8, 4) is 11.3 Å². The highest BCUT2D eigenvalue weighted by Crippen LogP contribution is 2.19. The van der Waals surface area contributed by atoms with Crippen molar-refractivity contribution in [1.29, 1.82) is 0 Å². The van der Waals surface area contributed by atoms with Gasteiger partial charge in [0.25, 0.3) is 0 Å². The summed E-state index contributed by atoms with van der Waals surface area (Å²) in [5.41, 5.74) is 2.57. The molecule has 0 aliphatic heterocycles. The van der Waals surface area contributed by atoms with Gasteiger partial charge in [-0.3, -0.25) is 19.6 Å². The fraction of sp³-hybridized carbons (Fsp3) is 0.200. The van der Waals surface area contributed by atoms with E-state index in [2.05, 4.69) is 20.6 Å². The second kappa shape index (κ2) is 7.14. The molecule has 108 valence electrons. The molecule has 0 fully saturated rings. The molecule has 0 bridgehead atoms. The Morgan fingerprint density at radius 1 is 1.14 bits per heavy atom. The van der Waals surface area contributed by atoms with Gasteiger partial charge in [0, 0.05) is 37.6 Å². The van der Waals surface area contributed by atoms with Crippen molar-refractivity contribution in [3.05, 3.63) is 48.4 Å². The van der Waals surface area contributed by atoms with Gasteiger partial charge in [-0.15, -0.1) is 0 Å². The highest BCUT2D eigenvalue weighted by molar-refractivity contribution is 5.83. The predicted molar refractivity (Wildman–Crippen MR) is 78.0 cm³/mol. The van der Waals surface area contributed by atoms with Crippen LogP contribution in [0.1, 0.15) is 12.5 Å². The van der Waals surface area contributed by atoms with E-state index in [1.54, 1.807) is 18.6 Å². The molecule has 0 aliphatic rings. The van der Waals surface area contributed by atoms with Crippen molar-refractivity contribution in [1.82, 2.24) is 20.6 Å². The molecule has 2 rings (SSSR count). The molecule has 0 radical (unpaired) electrons. The van der Waals surface area contributed by atoms with Crippen molar-refractivity contribution < 1.29 is 9.59 Å². The summed E-state index contributed by atoms with van der Waals surface area (Å²) >= 11 is 0. The Hall–Kier alpha value is -2.76. The standard InChI is InChI=1S/C15H16N4O2/c1-11(20)18-10-14(21)19-9-13-5-3-7-17-15(13)12-4-2-6-16-8-12/h2-8H,9-10H2,1H3,(H,18,20)(H,19,21). The molecule has 2 N–H and O–H groups in total. The van der Waals surface area contributed by atoms with E-state index in [9.17, 15) is 9.59 Å². The summed E-state index contributed by atoms with van der Waals surface area (Å²) in [7, 11) is 0. The second-order valence-corrected chi connectivity index (χ2v) is 4.44. The summed E-state index contributed by atoms with van der Waals surface area (Å²) in [6, 6.07) is 7.46. The summed E-state index contributed by atoms with van der Waals surface area (Å²) in [5, 5.41) is 5.20. The highest BCUT2D eigenvalue weighted by atomic mass is 16.2. The fourth-order valence-corrected chi connectivity index (χ4v) is 1.81. The zero-order chi connectivity index (χ0) is 15.1. The molecule has 0 atom stereocenters. The molecule has 0 spiro atoms. The number of rotatable bonds is 5. The molecule has 0 aromatic carbocycles. The first kappa shape index (κ1) is 14.6. The molecule has 6 nitrogen and oxygen atoms in total. The first-order valence-corrected chi connectivity index (χ1v) is 6.52. The maximum atomic E-state index is 11.6. The van der Waals surface area contributed by atoms with Gasteiger partial charge in [-0.25, -0.2) is 0 Å². The third-order valence-electron chi connectivity index (χ3n) is 2.80. The average molecular weight is 284 g/mol. The molecule has 0 unspecified atom stereocenters. The largest absolute Gasteiger partial charge is 0.350 e. The van der Waals surface area contributed by atoms with Crippen LogP contribution in [0.4, 0.5) is 0 Å². The fourth-order valence-electron chi connectivity index (χ4n) is 1.81. The van der Waals surface area contributed by atoms with Crippen LogP contribution in [0.25, 0.3) is 11.3 Å². The summed E-state index contributed by atoms with van der Waals surface area (Å²) < 4.78 is 0. The quantitative estimate of drug-likeness (QED) is 0.854. The topological polar surface area (TPSA) is 84.0 Å². The maximum absolute atomic E-state index is 11.6. The molecule has 2 aromatic rings. The number of carbonyl (C=O) groups is 2. The first-order chi connectivity index (χ1) is 10.2. The van der Waals surface area contributed by atoms with Gasteiger partial charge in [0.15, 0.2) is 0 Å². The van der Waals surface area contributed by atoms with E-state index < -0.39 is 0 Å². The van der Waals surface area contributed by atoms with E-state index in [0.717, 1.165) is 16.8 Å². The third kappa shape index (κ3) is 4.38. The Morgan fingerprint density at radius 3 is 2.67 bits per heavy atom. The smallest absolute Gasteiger partial charge is 0.239 e. The zero-order valence-electron chi connectivity index (χ0n) is 11.7. The van der Waals surface area contributed by atoms with Gasteiger partial charge >= 0.3 is 0 Å². The van der Waals surface area contributed by atoms with Crippen LogP contribution >= 0.6 is 0 Å². The molecular weight excluding hydrogens is 268 g/mol. The van der Waals surface area contributed by atoms with Crippen LogP contribution in [0.2, 0.25) is 0 Å². The van der Waals surface area contributed by atoms with Crippen LogP contribution in [-0.4, -0.2) is 28.3 Å². The molecule has 2 amide bonds. The molecule has 0 saturated carbocycles. The zero-order valence-corrected chi connectivity index (χ0v) is 11.7. The number of aromatic nitrogens is 2. The maximum Gasteiger partial charge on any atom is 0.239 e. The lowest BCUT2D eigenvalue weighted by Crippen LogP contribution is -2.35. The van der Waals surface area contributed by atoms with E-state index in [-0.39, 0.29) is 18.4 Å². The molecule has 6 heteroatoms. The predicted octanol–water partition coefficient (Wildman–Crippen LogP) is 0.896. The Bertz CT molecular complexity index is 629. The monoisotopic (exact) mass is 284 g/mol. The SMILES string of the molecule is CC(=O)NCC(=O)NCc1cccnc1-c1cccnc1. The van der Waals surface area contributed by atoms with Gasteiger partial charge in [0.1, 0.15) is 0 Å². The Morgan fingerprint density at radius 2 is 1.95 bits per heavy atom. The lowest BCUT2D eigenvalue weighted by Gasteiger charge is -2.10. The van der Waals surface area contributed by atoms with Gasteiger partial charge in [0.2, 0.25) is 11.8 Å². The normalized spacial score (nSPS) is 9.95. The van der Waals surface area contributed by atoms with Crippen LogP contribution in [-0.2, 0) is 16.1 Å². The summed E-state index contributed by atoms with van der Waals surface area (Å²) in [4.78, 5) is 30.8. The summed E-state index contributed by atoms with van der Waals surface area (Å²) in [6.07, 6.45) is 5.12. The minimum Gasteiger partial charge on any atom is -0.350 e. The molecule has 21 heavy (non-hydrogen) atoms. The minimum atomic E-state index is -0.244. The Kier molecular flexibility index (Phi) is 4.98. The lowest BCUT2D eigenvalue weighted by molar-refractivity contribution is -0.125. The van der Waals surface area contributed by atoms with Gasteiger partial charge in [-0.05, 0) is 23.8 Å². The number of carbonyl (C=O) groups excluding carboxylic acids is 2. The second-order valence-electron chi connectivity index (χ2n) is 4.44. The molecule has 0 saturated heterocycles. The molecule has 2 aromatic heterocycles. The van der Waals surface area contributed by atoms with Crippen LogP contribution < -0.4 is 10.6 Å². The lowest BCUT2D eigenvalue weighted by atomic mass is 10.1. The number of amides is 2. The van der Waals surface area contributed by atoms with Crippen molar-refractivity contribution in [3.63, 3.8) is 0 Å². The Labute approximate surface area is 122 Å². The average Bonchev–Trinajstić information content (AvgIpc) is 2.52. The van der Waals surface area contributed by atoms with E-state index in [4.69, 9.17) is 0 Å². The number of hydrogen-bond donors (Lipinski definition) is 2. The summed E-state index contributed by atoms with van der Waals surface area (Å²) in [6.45, 7) is 1.68. The van der Waals surface area contributed by atoms with Crippen molar-refractivity contribution in [2.45, 2.75) is 13.5 Å². The van der Waals surface area contributed by atoms with Crippen molar-refractivity contribution in [2.24, 2.45) is 0 Å². The van der Waals surface area contributed by atoms with Crippen molar-refractivity contribution in [2.75, 3.05) is 6.54 Å². The van der Waals surface area contributed by atoms with Crippen molar-refractivity contribution >= 4 is 11.8 Å². The summed E-state index contributed by atoms with van der Waals surface area (Å²) in [5.74, 6) is -0.478.